The van der Waals surface area contributed by atoms with E-state index in [-0.39, 0.29) is 23.3 Å². The number of aliphatic hydroxyl groups is 2. The average molecular weight is 462 g/mol. The number of likely N-dealkylation sites (N-methyl/N-ethyl adjacent to an activating group) is 1. The molecule has 0 bridgehead atoms. The fourth-order valence-corrected chi connectivity index (χ4v) is 6.83. The van der Waals surface area contributed by atoms with E-state index in [1.165, 1.54) is 22.3 Å². The summed E-state index contributed by atoms with van der Waals surface area (Å²) in [7, 11) is 8.03. The lowest BCUT2D eigenvalue weighted by atomic mass is 9.55. The summed E-state index contributed by atoms with van der Waals surface area (Å²) in [5, 5.41) is 23.6. The van der Waals surface area contributed by atoms with Crippen molar-refractivity contribution in [1.82, 2.24) is 9.80 Å². The number of fused-ring (bicyclic) bond motifs is 3. The first kappa shape index (κ1) is 24.5. The van der Waals surface area contributed by atoms with E-state index in [2.05, 4.69) is 57.8 Å². The lowest BCUT2D eigenvalue weighted by Gasteiger charge is -2.54. The van der Waals surface area contributed by atoms with Crippen LogP contribution in [-0.4, -0.2) is 59.8 Å². The highest BCUT2D eigenvalue weighted by molar-refractivity contribution is 5.86. The van der Waals surface area contributed by atoms with Crippen molar-refractivity contribution in [3.63, 3.8) is 0 Å². The molecule has 0 heterocycles. The smallest absolute Gasteiger partial charge is 0.119 e. The summed E-state index contributed by atoms with van der Waals surface area (Å²) < 4.78 is 0. The molecule has 4 rings (SSSR count). The molecule has 5 nitrogen and oxygen atoms in total. The first-order chi connectivity index (χ1) is 15.8. The SMILES string of the molecule is C=C(N)C1=C(O)[C@@H](N(C)C)[C@@H]2C[C@@H]3Cc4c(CN(C)C)ccc(C)c4C(=C)C3=C(C)[C@]2(O)C1=C. The number of aryl methyl sites for hydroxylation is 1. The lowest BCUT2D eigenvalue weighted by Crippen LogP contribution is -2.58. The van der Waals surface area contributed by atoms with Crippen LogP contribution in [0.1, 0.15) is 35.6 Å². The van der Waals surface area contributed by atoms with Crippen molar-refractivity contribution in [2.75, 3.05) is 28.2 Å². The Hall–Kier alpha value is -2.60. The Morgan fingerprint density at radius 3 is 2.38 bits per heavy atom. The fraction of sp³-hybridized carbons (Fsp3) is 0.448. The standard InChI is InChI=1S/C29H39N3O2/c1-15-10-11-20(14-31(6)7)22-12-21-13-23-27(32(8)9)28(33)26(19(5)30)18(4)29(23,34)17(3)25(21)16(2)24(15)22/h10-11,21,23,27,33-34H,2,4-5,12-14,30H2,1,3,6-9H3/t21-,23-,27-,29-/m0/s1. The maximum absolute atomic E-state index is 12.4. The molecule has 3 aliphatic rings. The second-order valence-corrected chi connectivity index (χ2v) is 10.8. The zero-order valence-corrected chi connectivity index (χ0v) is 21.5. The maximum Gasteiger partial charge on any atom is 0.119 e. The molecule has 0 spiro atoms. The normalized spacial score (nSPS) is 28.9. The third-order valence-corrected chi connectivity index (χ3v) is 8.20. The van der Waals surface area contributed by atoms with Gasteiger partial charge in [-0.3, -0.25) is 4.90 Å². The van der Waals surface area contributed by atoms with Gasteiger partial charge in [0.2, 0.25) is 0 Å². The summed E-state index contributed by atoms with van der Waals surface area (Å²) in [6.07, 6.45) is 1.61. The number of nitrogens with zero attached hydrogens (tertiary/aromatic N) is 2. The highest BCUT2D eigenvalue weighted by atomic mass is 16.3. The highest BCUT2D eigenvalue weighted by Gasteiger charge is 2.57. The van der Waals surface area contributed by atoms with Crippen LogP contribution in [0.15, 0.2) is 65.6 Å². The van der Waals surface area contributed by atoms with Gasteiger partial charge in [-0.05, 0) is 105 Å². The summed E-state index contributed by atoms with van der Waals surface area (Å²) in [5.74, 6) is 0.0922. The van der Waals surface area contributed by atoms with Crippen LogP contribution < -0.4 is 5.73 Å². The summed E-state index contributed by atoms with van der Waals surface area (Å²) in [6.45, 7) is 17.7. The maximum atomic E-state index is 12.4. The Bertz CT molecular complexity index is 1170. The lowest BCUT2D eigenvalue weighted by molar-refractivity contribution is -0.0178. The molecule has 1 aromatic carbocycles. The molecule has 0 aromatic heterocycles. The third-order valence-electron chi connectivity index (χ3n) is 8.20. The average Bonchev–Trinajstić information content (AvgIpc) is 2.72. The number of nitrogens with two attached hydrogens (primary N) is 1. The second-order valence-electron chi connectivity index (χ2n) is 10.8. The van der Waals surface area contributed by atoms with Crippen LogP contribution in [0.5, 0.6) is 0 Å². The monoisotopic (exact) mass is 461 g/mol. The van der Waals surface area contributed by atoms with E-state index < -0.39 is 11.6 Å². The predicted octanol–water partition coefficient (Wildman–Crippen LogP) is 4.09. The molecule has 3 aliphatic carbocycles. The molecular formula is C29H39N3O2. The van der Waals surface area contributed by atoms with Crippen LogP contribution in [0.2, 0.25) is 0 Å². The summed E-state index contributed by atoms with van der Waals surface area (Å²) in [6, 6.07) is 4.02. The first-order valence-electron chi connectivity index (χ1n) is 12.0. The van der Waals surface area contributed by atoms with Gasteiger partial charge in [-0.1, -0.05) is 31.9 Å². The number of hydrogen-bond acceptors (Lipinski definition) is 5. The molecule has 4 N–H and O–H groups in total. The van der Waals surface area contributed by atoms with E-state index in [1.54, 1.807) is 0 Å². The fourth-order valence-electron chi connectivity index (χ4n) is 6.83. The molecule has 182 valence electrons. The second kappa shape index (κ2) is 8.26. The van der Waals surface area contributed by atoms with Crippen LogP contribution >= 0.6 is 0 Å². The molecule has 0 unspecified atom stereocenters. The summed E-state index contributed by atoms with van der Waals surface area (Å²) in [5.41, 5.74) is 13.9. The molecule has 0 saturated heterocycles. The van der Waals surface area contributed by atoms with Crippen LogP contribution in [-0.2, 0) is 13.0 Å². The van der Waals surface area contributed by atoms with Gasteiger partial charge in [0, 0.05) is 23.7 Å². The Labute approximate surface area is 204 Å². The van der Waals surface area contributed by atoms with Gasteiger partial charge >= 0.3 is 0 Å². The molecule has 4 atom stereocenters. The minimum absolute atomic E-state index is 0.146. The molecule has 0 fully saturated rings. The number of aliphatic hydroxyl groups excluding tert-OH is 1. The summed E-state index contributed by atoms with van der Waals surface area (Å²) >= 11 is 0. The van der Waals surface area contributed by atoms with E-state index in [9.17, 15) is 10.2 Å². The number of allylic oxidation sites excluding steroid dienone is 3. The zero-order valence-electron chi connectivity index (χ0n) is 21.5. The van der Waals surface area contributed by atoms with Gasteiger partial charge in [-0.15, -0.1) is 0 Å². The third kappa shape index (κ3) is 3.33. The van der Waals surface area contributed by atoms with Crippen molar-refractivity contribution in [2.45, 2.75) is 44.9 Å². The van der Waals surface area contributed by atoms with Gasteiger partial charge in [0.25, 0.3) is 0 Å². The van der Waals surface area contributed by atoms with Crippen molar-refractivity contribution in [3.05, 3.63) is 87.9 Å². The van der Waals surface area contributed by atoms with Gasteiger partial charge in [-0.25, -0.2) is 0 Å². The van der Waals surface area contributed by atoms with Gasteiger partial charge in [0.05, 0.1) is 6.04 Å². The number of hydrogen-bond donors (Lipinski definition) is 3. The van der Waals surface area contributed by atoms with Crippen molar-refractivity contribution in [3.8, 4) is 0 Å². The van der Waals surface area contributed by atoms with Gasteiger partial charge in [0.15, 0.2) is 0 Å². The van der Waals surface area contributed by atoms with Gasteiger partial charge in [0.1, 0.15) is 11.4 Å². The Kier molecular flexibility index (Phi) is 5.96. The minimum Gasteiger partial charge on any atom is -0.510 e. The van der Waals surface area contributed by atoms with Crippen LogP contribution in [0.25, 0.3) is 5.57 Å². The van der Waals surface area contributed by atoms with E-state index in [0.29, 0.717) is 17.6 Å². The van der Waals surface area contributed by atoms with Gasteiger partial charge < -0.3 is 20.8 Å². The topological polar surface area (TPSA) is 73.0 Å². The molecule has 0 saturated carbocycles. The highest BCUT2D eigenvalue weighted by Crippen LogP contribution is 2.57. The molecule has 5 heteroatoms. The molecule has 0 aliphatic heterocycles. The zero-order chi connectivity index (χ0) is 25.3. The largest absolute Gasteiger partial charge is 0.510 e. The Morgan fingerprint density at radius 1 is 1.18 bits per heavy atom. The minimum atomic E-state index is -1.33. The number of benzene rings is 1. The van der Waals surface area contributed by atoms with Crippen molar-refractivity contribution < 1.29 is 10.2 Å². The van der Waals surface area contributed by atoms with Crippen molar-refractivity contribution >= 4 is 5.57 Å². The van der Waals surface area contributed by atoms with E-state index in [0.717, 1.165) is 29.7 Å². The molecular weight excluding hydrogens is 422 g/mol. The molecule has 0 amide bonds. The van der Waals surface area contributed by atoms with Crippen LogP contribution in [0.4, 0.5) is 0 Å². The Balaban J connectivity index is 1.95. The van der Waals surface area contributed by atoms with E-state index >= 15 is 0 Å². The quantitative estimate of drug-likeness (QED) is 0.630. The van der Waals surface area contributed by atoms with Crippen LogP contribution in [0.3, 0.4) is 0 Å². The van der Waals surface area contributed by atoms with Gasteiger partial charge in [-0.2, -0.15) is 0 Å². The summed E-state index contributed by atoms with van der Waals surface area (Å²) in [4.78, 5) is 4.16. The Morgan fingerprint density at radius 2 is 1.82 bits per heavy atom. The molecule has 0 radical (unpaired) electrons. The predicted molar refractivity (Wildman–Crippen MR) is 140 cm³/mol. The van der Waals surface area contributed by atoms with E-state index in [1.807, 2.05) is 25.9 Å². The molecule has 1 aromatic rings. The van der Waals surface area contributed by atoms with Crippen molar-refractivity contribution in [1.29, 1.82) is 0 Å². The first-order valence-corrected chi connectivity index (χ1v) is 12.0. The van der Waals surface area contributed by atoms with Crippen LogP contribution in [0, 0.1) is 18.8 Å². The van der Waals surface area contributed by atoms with Crippen molar-refractivity contribution in [2.24, 2.45) is 17.6 Å². The molecule has 34 heavy (non-hydrogen) atoms. The number of rotatable bonds is 4. The van der Waals surface area contributed by atoms with E-state index in [4.69, 9.17) is 5.73 Å².